The van der Waals surface area contributed by atoms with Gasteiger partial charge < -0.3 is 15.0 Å². The summed E-state index contributed by atoms with van der Waals surface area (Å²) in [6, 6.07) is 9.62. The van der Waals surface area contributed by atoms with Crippen LogP contribution in [0, 0.1) is 5.92 Å². The molecule has 0 radical (unpaired) electrons. The van der Waals surface area contributed by atoms with E-state index in [4.69, 9.17) is 4.74 Å². The highest BCUT2D eigenvalue weighted by Crippen LogP contribution is 2.19. The molecule has 1 aromatic carbocycles. The van der Waals surface area contributed by atoms with Crippen LogP contribution < -0.4 is 5.32 Å². The van der Waals surface area contributed by atoms with Crippen molar-refractivity contribution in [2.24, 2.45) is 5.92 Å². The minimum atomic E-state index is -0.370. The quantitative estimate of drug-likeness (QED) is 0.651. The average Bonchev–Trinajstić information content (AvgIpc) is 2.64. The Labute approximate surface area is 141 Å². The Morgan fingerprint density at radius 3 is 2.50 bits per heavy atom. The third-order valence-electron chi connectivity index (χ3n) is 3.98. The van der Waals surface area contributed by atoms with Crippen LogP contribution in [0.4, 0.5) is 0 Å². The van der Waals surface area contributed by atoms with Gasteiger partial charge in [0.25, 0.3) is 5.91 Å². The fourth-order valence-electron chi connectivity index (χ4n) is 2.50. The second-order valence-electron chi connectivity index (χ2n) is 5.62. The number of benzene rings is 1. The first-order valence-electron chi connectivity index (χ1n) is 7.99. The Hall–Kier alpha value is -2.63. The predicted molar refractivity (Wildman–Crippen MR) is 89.8 cm³/mol. The summed E-state index contributed by atoms with van der Waals surface area (Å²) in [5.74, 6) is -1.01. The molecule has 6 nitrogen and oxygen atoms in total. The van der Waals surface area contributed by atoms with Crippen LogP contribution in [-0.4, -0.2) is 49.4 Å². The lowest BCUT2D eigenvalue weighted by Crippen LogP contribution is -2.40. The molecule has 128 valence electrons. The van der Waals surface area contributed by atoms with E-state index in [9.17, 15) is 14.4 Å². The molecule has 0 bridgehead atoms. The minimum Gasteiger partial charge on any atom is -0.455 e. The van der Waals surface area contributed by atoms with Gasteiger partial charge in [0.2, 0.25) is 5.91 Å². The van der Waals surface area contributed by atoms with E-state index in [1.54, 1.807) is 17.1 Å². The van der Waals surface area contributed by atoms with Crippen LogP contribution in [0.15, 0.2) is 36.4 Å². The maximum absolute atomic E-state index is 12.2. The summed E-state index contributed by atoms with van der Waals surface area (Å²) in [6.07, 6.45) is 4.45. The molecule has 1 N–H and O–H groups in total. The first-order chi connectivity index (χ1) is 11.6. The number of hydrogen-bond acceptors (Lipinski definition) is 4. The van der Waals surface area contributed by atoms with Crippen molar-refractivity contribution in [3.05, 3.63) is 42.0 Å². The molecule has 0 aromatic heterocycles. The number of ether oxygens (including phenoxy) is 1. The van der Waals surface area contributed by atoms with E-state index in [0.717, 1.165) is 5.56 Å². The van der Waals surface area contributed by atoms with E-state index in [-0.39, 0.29) is 30.3 Å². The standard InChI is InChI=1S/C18H22N2O4/c1-19-16(21)13-24-18(23)15-9-11-20(12-10-15)17(22)8-7-14-5-3-2-4-6-14/h2-8,15H,9-13H2,1H3,(H,19,21)/b8-7+. The van der Waals surface area contributed by atoms with Crippen LogP contribution in [0.2, 0.25) is 0 Å². The van der Waals surface area contributed by atoms with Gasteiger partial charge in [0.15, 0.2) is 6.61 Å². The van der Waals surface area contributed by atoms with E-state index in [0.29, 0.717) is 25.9 Å². The van der Waals surface area contributed by atoms with Crippen LogP contribution >= 0.6 is 0 Å². The van der Waals surface area contributed by atoms with Crippen LogP contribution in [-0.2, 0) is 19.1 Å². The molecule has 0 saturated carbocycles. The summed E-state index contributed by atoms with van der Waals surface area (Å²) in [6.45, 7) is 0.768. The Bertz CT molecular complexity index is 605. The molecule has 0 atom stereocenters. The molecule has 0 spiro atoms. The molecule has 1 saturated heterocycles. The number of carbonyl (C=O) groups excluding carboxylic acids is 3. The van der Waals surface area contributed by atoms with Crippen molar-refractivity contribution >= 4 is 23.9 Å². The molecular formula is C18H22N2O4. The van der Waals surface area contributed by atoms with Crippen molar-refractivity contribution in [3.63, 3.8) is 0 Å². The topological polar surface area (TPSA) is 75.7 Å². The molecule has 1 aliphatic rings. The zero-order valence-electron chi connectivity index (χ0n) is 13.7. The third-order valence-corrected chi connectivity index (χ3v) is 3.98. The first kappa shape index (κ1) is 17.7. The van der Waals surface area contributed by atoms with Crippen LogP contribution in [0.5, 0.6) is 0 Å². The normalized spacial score (nSPS) is 15.3. The van der Waals surface area contributed by atoms with Crippen LogP contribution in [0.25, 0.3) is 6.08 Å². The number of esters is 1. The summed E-state index contributed by atoms with van der Waals surface area (Å²) in [5.41, 5.74) is 0.971. The summed E-state index contributed by atoms with van der Waals surface area (Å²) < 4.78 is 4.97. The largest absolute Gasteiger partial charge is 0.455 e. The first-order valence-corrected chi connectivity index (χ1v) is 7.99. The van der Waals surface area contributed by atoms with Gasteiger partial charge in [-0.1, -0.05) is 30.3 Å². The van der Waals surface area contributed by atoms with Gasteiger partial charge in [-0.15, -0.1) is 0 Å². The second kappa shape index (κ2) is 8.86. The summed E-state index contributed by atoms with van der Waals surface area (Å²) in [5, 5.41) is 2.40. The predicted octanol–water partition coefficient (Wildman–Crippen LogP) is 1.23. The zero-order valence-corrected chi connectivity index (χ0v) is 13.7. The van der Waals surface area contributed by atoms with Crippen LogP contribution in [0.1, 0.15) is 18.4 Å². The van der Waals surface area contributed by atoms with Crippen molar-refractivity contribution in [2.75, 3.05) is 26.7 Å². The minimum absolute atomic E-state index is 0.0592. The van der Waals surface area contributed by atoms with Crippen molar-refractivity contribution < 1.29 is 19.1 Å². The van der Waals surface area contributed by atoms with E-state index in [1.165, 1.54) is 7.05 Å². The molecular weight excluding hydrogens is 308 g/mol. The number of nitrogens with zero attached hydrogens (tertiary/aromatic N) is 1. The Balaban J connectivity index is 1.77. The highest BCUT2D eigenvalue weighted by atomic mass is 16.5. The van der Waals surface area contributed by atoms with Crippen LogP contribution in [0.3, 0.4) is 0 Å². The van der Waals surface area contributed by atoms with Gasteiger partial charge in [0, 0.05) is 26.2 Å². The van der Waals surface area contributed by atoms with E-state index in [1.807, 2.05) is 30.3 Å². The lowest BCUT2D eigenvalue weighted by atomic mass is 9.97. The molecule has 2 amide bonds. The molecule has 1 fully saturated rings. The molecule has 0 unspecified atom stereocenters. The van der Waals surface area contributed by atoms with Gasteiger partial charge in [-0.25, -0.2) is 0 Å². The Kier molecular flexibility index (Phi) is 6.54. The zero-order chi connectivity index (χ0) is 17.4. The summed E-state index contributed by atoms with van der Waals surface area (Å²) in [7, 11) is 1.49. The van der Waals surface area contributed by atoms with Gasteiger partial charge >= 0.3 is 5.97 Å². The van der Waals surface area contributed by atoms with Gasteiger partial charge in [0.1, 0.15) is 0 Å². The lowest BCUT2D eigenvalue weighted by molar-refractivity contribution is -0.154. The Morgan fingerprint density at radius 1 is 1.21 bits per heavy atom. The average molecular weight is 330 g/mol. The fraction of sp³-hybridized carbons (Fsp3) is 0.389. The summed E-state index contributed by atoms with van der Waals surface area (Å²) in [4.78, 5) is 36.9. The molecule has 6 heteroatoms. The molecule has 1 aliphatic heterocycles. The van der Waals surface area contributed by atoms with Crippen molar-refractivity contribution in [1.29, 1.82) is 0 Å². The number of piperidine rings is 1. The summed E-state index contributed by atoms with van der Waals surface area (Å²) >= 11 is 0. The van der Waals surface area contributed by atoms with Gasteiger partial charge in [-0.05, 0) is 24.5 Å². The van der Waals surface area contributed by atoms with E-state index >= 15 is 0 Å². The molecule has 0 aliphatic carbocycles. The van der Waals surface area contributed by atoms with Crippen molar-refractivity contribution in [2.45, 2.75) is 12.8 Å². The molecule has 1 heterocycles. The number of likely N-dealkylation sites (tertiary alicyclic amines) is 1. The molecule has 2 rings (SSSR count). The number of likely N-dealkylation sites (N-methyl/N-ethyl adjacent to an activating group) is 1. The maximum atomic E-state index is 12.2. The van der Waals surface area contributed by atoms with Crippen molar-refractivity contribution in [1.82, 2.24) is 10.2 Å². The smallest absolute Gasteiger partial charge is 0.309 e. The second-order valence-corrected chi connectivity index (χ2v) is 5.62. The maximum Gasteiger partial charge on any atom is 0.309 e. The monoisotopic (exact) mass is 330 g/mol. The molecule has 24 heavy (non-hydrogen) atoms. The SMILES string of the molecule is CNC(=O)COC(=O)C1CCN(C(=O)/C=C/c2ccccc2)CC1. The van der Waals surface area contributed by atoms with Gasteiger partial charge in [-0.2, -0.15) is 0 Å². The third kappa shape index (κ3) is 5.22. The van der Waals surface area contributed by atoms with E-state index in [2.05, 4.69) is 5.32 Å². The highest BCUT2D eigenvalue weighted by molar-refractivity contribution is 5.92. The number of carbonyl (C=O) groups is 3. The lowest BCUT2D eigenvalue weighted by Gasteiger charge is -2.30. The van der Waals surface area contributed by atoms with Gasteiger partial charge in [-0.3, -0.25) is 14.4 Å². The van der Waals surface area contributed by atoms with Crippen molar-refractivity contribution in [3.8, 4) is 0 Å². The Morgan fingerprint density at radius 2 is 1.88 bits per heavy atom. The number of amides is 2. The van der Waals surface area contributed by atoms with Gasteiger partial charge in [0.05, 0.1) is 5.92 Å². The molecule has 1 aromatic rings. The number of hydrogen-bond donors (Lipinski definition) is 1. The number of nitrogens with one attached hydrogen (secondary N) is 1. The fourth-order valence-corrected chi connectivity index (χ4v) is 2.50. The number of rotatable bonds is 5. The van der Waals surface area contributed by atoms with E-state index < -0.39 is 0 Å². The highest BCUT2D eigenvalue weighted by Gasteiger charge is 2.27.